The van der Waals surface area contributed by atoms with Gasteiger partial charge in [0.25, 0.3) is 0 Å². The lowest BCUT2D eigenvalue weighted by Gasteiger charge is -2.28. The lowest BCUT2D eigenvalue weighted by molar-refractivity contribution is -0.161. The molecular formula is C30H35F3N6O3. The molecule has 1 aromatic carbocycles. The number of halogens is 3. The topological polar surface area (TPSA) is 131 Å². The maximum atomic E-state index is 14.4. The van der Waals surface area contributed by atoms with Crippen LogP contribution in [0.5, 0.6) is 0 Å². The Balaban J connectivity index is 1.54. The molecule has 1 aliphatic carbocycles. The first kappa shape index (κ1) is 31.1. The first-order valence-electron chi connectivity index (χ1n) is 14.3. The van der Waals surface area contributed by atoms with E-state index < -0.39 is 41.5 Å². The van der Waals surface area contributed by atoms with Crippen molar-refractivity contribution in [1.29, 1.82) is 0 Å². The average Bonchev–Trinajstić information content (AvgIpc) is 3.69. The molecule has 2 aromatic heterocycles. The van der Waals surface area contributed by atoms with Crippen molar-refractivity contribution in [2.45, 2.75) is 83.0 Å². The Morgan fingerprint density at radius 2 is 1.81 bits per heavy atom. The van der Waals surface area contributed by atoms with Crippen LogP contribution in [0.1, 0.15) is 75.7 Å². The van der Waals surface area contributed by atoms with Gasteiger partial charge in [0.2, 0.25) is 5.78 Å². The van der Waals surface area contributed by atoms with E-state index in [1.807, 2.05) is 6.92 Å². The number of tetrazole rings is 1. The highest BCUT2D eigenvalue weighted by molar-refractivity contribution is 6.38. The van der Waals surface area contributed by atoms with Gasteiger partial charge < -0.3 is 0 Å². The largest absolute Gasteiger partial charge is 0.407 e. The molecule has 1 fully saturated rings. The summed E-state index contributed by atoms with van der Waals surface area (Å²) in [5.41, 5.74) is 1.35. The van der Waals surface area contributed by atoms with Crippen LogP contribution in [0.25, 0.3) is 11.1 Å². The number of hydrogen-bond donors (Lipinski definition) is 2. The number of carbonyl (C=O) groups is 3. The van der Waals surface area contributed by atoms with Gasteiger partial charge in [0, 0.05) is 37.6 Å². The number of aromatic amines is 1. The van der Waals surface area contributed by atoms with Crippen molar-refractivity contribution in [2.24, 2.45) is 11.8 Å². The molecule has 0 radical (unpaired) electrons. The van der Waals surface area contributed by atoms with Gasteiger partial charge in [-0.1, -0.05) is 74.6 Å². The molecule has 42 heavy (non-hydrogen) atoms. The molecule has 0 amide bonds. The van der Waals surface area contributed by atoms with Gasteiger partial charge in [-0.05, 0) is 35.1 Å². The molecule has 3 aromatic rings. The first-order chi connectivity index (χ1) is 20.2. The molecule has 1 aliphatic rings. The summed E-state index contributed by atoms with van der Waals surface area (Å²) in [4.78, 5) is 43.5. The fraction of sp³-hybridized carbons (Fsp3) is 0.500. The van der Waals surface area contributed by atoms with Gasteiger partial charge in [-0.15, -0.1) is 10.2 Å². The molecule has 9 nitrogen and oxygen atoms in total. The van der Waals surface area contributed by atoms with Gasteiger partial charge in [-0.3, -0.25) is 24.7 Å². The molecule has 1 saturated carbocycles. The number of benzene rings is 1. The number of alkyl halides is 3. The van der Waals surface area contributed by atoms with Crippen molar-refractivity contribution in [2.75, 3.05) is 0 Å². The van der Waals surface area contributed by atoms with E-state index in [4.69, 9.17) is 0 Å². The Hall–Kier alpha value is -3.80. The summed E-state index contributed by atoms with van der Waals surface area (Å²) in [5, 5.41) is 15.8. The van der Waals surface area contributed by atoms with Crippen molar-refractivity contribution in [3.8, 4) is 11.1 Å². The summed E-state index contributed by atoms with van der Waals surface area (Å²) in [5.74, 6) is -2.42. The lowest BCUT2D eigenvalue weighted by atomic mass is 9.85. The SMILES string of the molecule is CCC[C@H](CC(=O)[C@H](Cc1nn[nH]n1)N[C@@H](c1ccc(-c2cccnc2)cc1)C(F)(F)F)C(=O)C(=O)CC1CCCC1. The molecule has 3 atom stereocenters. The Kier molecular flexibility index (Phi) is 10.7. The highest BCUT2D eigenvalue weighted by Crippen LogP contribution is 2.35. The second-order valence-corrected chi connectivity index (χ2v) is 10.9. The second-order valence-electron chi connectivity index (χ2n) is 10.9. The Morgan fingerprint density at radius 1 is 1.07 bits per heavy atom. The van der Waals surface area contributed by atoms with Crippen LogP contribution in [0.2, 0.25) is 0 Å². The van der Waals surface area contributed by atoms with Gasteiger partial charge in [-0.2, -0.15) is 18.4 Å². The Morgan fingerprint density at radius 3 is 2.40 bits per heavy atom. The summed E-state index contributed by atoms with van der Waals surface area (Å²) in [6.07, 6.45) is 2.66. The zero-order valence-electron chi connectivity index (χ0n) is 23.4. The van der Waals surface area contributed by atoms with Gasteiger partial charge in [-0.25, -0.2) is 0 Å². The fourth-order valence-corrected chi connectivity index (χ4v) is 5.56. The van der Waals surface area contributed by atoms with E-state index in [1.54, 1.807) is 36.7 Å². The molecule has 2 heterocycles. The molecule has 0 spiro atoms. The molecule has 224 valence electrons. The average molecular weight is 585 g/mol. The zero-order valence-corrected chi connectivity index (χ0v) is 23.4. The van der Waals surface area contributed by atoms with Crippen LogP contribution >= 0.6 is 0 Å². The Bertz CT molecular complexity index is 1310. The monoisotopic (exact) mass is 584 g/mol. The Labute approximate surface area is 242 Å². The predicted molar refractivity (Wildman–Crippen MR) is 148 cm³/mol. The van der Waals surface area contributed by atoms with E-state index >= 15 is 0 Å². The third-order valence-corrected chi connectivity index (χ3v) is 7.78. The predicted octanol–water partition coefficient (Wildman–Crippen LogP) is 5.16. The lowest BCUT2D eigenvalue weighted by Crippen LogP contribution is -2.47. The number of pyridine rings is 1. The van der Waals surface area contributed by atoms with Crippen molar-refractivity contribution in [3.63, 3.8) is 0 Å². The van der Waals surface area contributed by atoms with Crippen LogP contribution in [0.15, 0.2) is 48.8 Å². The molecule has 2 N–H and O–H groups in total. The van der Waals surface area contributed by atoms with Crippen LogP contribution < -0.4 is 5.32 Å². The van der Waals surface area contributed by atoms with Crippen molar-refractivity contribution in [1.82, 2.24) is 30.9 Å². The molecule has 4 rings (SSSR count). The van der Waals surface area contributed by atoms with Crippen molar-refractivity contribution >= 4 is 17.3 Å². The molecule has 12 heteroatoms. The number of H-pyrrole nitrogens is 1. The van der Waals surface area contributed by atoms with Crippen LogP contribution in [0.4, 0.5) is 13.2 Å². The zero-order chi connectivity index (χ0) is 30.1. The molecule has 0 aliphatic heterocycles. The maximum absolute atomic E-state index is 14.4. The van der Waals surface area contributed by atoms with Gasteiger partial charge in [0.15, 0.2) is 17.4 Å². The van der Waals surface area contributed by atoms with E-state index in [-0.39, 0.29) is 43.0 Å². The number of ketones is 3. The summed E-state index contributed by atoms with van der Waals surface area (Å²) in [6, 6.07) is 5.80. The molecule has 0 saturated heterocycles. The van der Waals surface area contributed by atoms with Crippen molar-refractivity contribution < 1.29 is 27.6 Å². The van der Waals surface area contributed by atoms with Crippen LogP contribution in [-0.2, 0) is 20.8 Å². The third kappa shape index (κ3) is 8.37. The minimum atomic E-state index is -4.75. The normalized spacial score (nSPS) is 16.2. The summed E-state index contributed by atoms with van der Waals surface area (Å²) >= 11 is 0. The number of nitrogens with one attached hydrogen (secondary N) is 2. The van der Waals surface area contributed by atoms with Gasteiger partial charge in [0.1, 0.15) is 6.04 Å². The fourth-order valence-electron chi connectivity index (χ4n) is 5.56. The standard InChI is InChI=1S/C30H35F3N6O3/c1-2-6-22(28(42)26(41)15-19-7-3-4-8-19)16-25(40)24(17-27-36-38-39-37-27)35-29(30(31,32)33)21-12-10-20(11-13-21)23-9-5-14-34-18-23/h5,9-14,18-19,22,24,29,35H,2-4,6-8,15-17H2,1H3,(H,36,37,38,39)/t22-,24+,29+/m1/s1. The highest BCUT2D eigenvalue weighted by Gasteiger charge is 2.43. The van der Waals surface area contributed by atoms with E-state index in [9.17, 15) is 27.6 Å². The van der Waals surface area contributed by atoms with Crippen LogP contribution in [0, 0.1) is 11.8 Å². The smallest absolute Gasteiger partial charge is 0.298 e. The van der Waals surface area contributed by atoms with E-state index in [2.05, 4.69) is 30.9 Å². The van der Waals surface area contributed by atoms with Crippen LogP contribution in [-0.4, -0.2) is 55.2 Å². The minimum Gasteiger partial charge on any atom is -0.298 e. The van der Waals surface area contributed by atoms with Gasteiger partial charge >= 0.3 is 6.18 Å². The van der Waals surface area contributed by atoms with E-state index in [1.165, 1.54) is 12.1 Å². The quantitative estimate of drug-likeness (QED) is 0.234. The third-order valence-electron chi connectivity index (χ3n) is 7.78. The minimum absolute atomic E-state index is 0.0457. The first-order valence-corrected chi connectivity index (χ1v) is 14.3. The van der Waals surface area contributed by atoms with Crippen molar-refractivity contribution in [3.05, 3.63) is 60.2 Å². The molecular weight excluding hydrogens is 549 g/mol. The molecule has 0 unspecified atom stereocenters. The number of nitrogens with zero attached hydrogens (tertiary/aromatic N) is 4. The molecule has 0 bridgehead atoms. The van der Waals surface area contributed by atoms with Crippen LogP contribution in [0.3, 0.4) is 0 Å². The number of Topliss-reactive ketones (excluding diaryl/α,β-unsaturated/α-hetero) is 3. The number of carbonyl (C=O) groups excluding carboxylic acids is 3. The second kappa shape index (κ2) is 14.4. The van der Waals surface area contributed by atoms with Gasteiger partial charge in [0.05, 0.1) is 6.04 Å². The number of hydrogen-bond acceptors (Lipinski definition) is 8. The maximum Gasteiger partial charge on any atom is 0.407 e. The summed E-state index contributed by atoms with van der Waals surface area (Å²) in [6.45, 7) is 1.83. The van der Waals surface area contributed by atoms with E-state index in [0.29, 0.717) is 12.0 Å². The number of rotatable bonds is 15. The summed E-state index contributed by atoms with van der Waals surface area (Å²) in [7, 11) is 0. The highest BCUT2D eigenvalue weighted by atomic mass is 19.4. The summed E-state index contributed by atoms with van der Waals surface area (Å²) < 4.78 is 43.2. The number of aromatic nitrogens is 5. The van der Waals surface area contributed by atoms with E-state index in [0.717, 1.165) is 31.2 Å².